The maximum atomic E-state index is 11.5. The van der Waals surface area contributed by atoms with Crippen LogP contribution in [-0.2, 0) is 32.3 Å². The largest absolute Gasteiger partial charge is 0.469 e. The molecular formula is C14H18O5. The first-order valence-electron chi connectivity index (χ1n) is 5.99. The van der Waals surface area contributed by atoms with Gasteiger partial charge in [-0.2, -0.15) is 0 Å². The van der Waals surface area contributed by atoms with Crippen molar-refractivity contribution in [3.63, 3.8) is 0 Å². The van der Waals surface area contributed by atoms with E-state index in [1.165, 1.54) is 7.11 Å². The zero-order chi connectivity index (χ0) is 14.3. The summed E-state index contributed by atoms with van der Waals surface area (Å²) in [5.41, 5.74) is 1.63. The number of hydrogen-bond donors (Lipinski definition) is 1. The van der Waals surface area contributed by atoms with Crippen molar-refractivity contribution in [2.75, 3.05) is 7.11 Å². The maximum absolute atomic E-state index is 11.5. The summed E-state index contributed by atoms with van der Waals surface area (Å²) in [5.74, 6) is -1.37. The van der Waals surface area contributed by atoms with Crippen LogP contribution in [0.25, 0.3) is 0 Å². The van der Waals surface area contributed by atoms with Gasteiger partial charge in [0.05, 0.1) is 26.1 Å². The molecule has 1 aromatic rings. The summed E-state index contributed by atoms with van der Waals surface area (Å²) in [6.07, 6.45) is 0.00139. The van der Waals surface area contributed by atoms with Gasteiger partial charge in [0.25, 0.3) is 0 Å². The molecule has 0 fully saturated rings. The first-order valence-corrected chi connectivity index (χ1v) is 5.99. The third-order valence-electron chi connectivity index (χ3n) is 2.68. The molecule has 0 saturated carbocycles. The number of methoxy groups -OCH3 is 1. The van der Waals surface area contributed by atoms with Crippen LogP contribution < -0.4 is 0 Å². The molecule has 0 unspecified atom stereocenters. The summed E-state index contributed by atoms with van der Waals surface area (Å²) in [7, 11) is 1.28. The number of aliphatic hydroxyl groups excluding tert-OH is 1. The van der Waals surface area contributed by atoms with Crippen LogP contribution in [0.5, 0.6) is 0 Å². The summed E-state index contributed by atoms with van der Waals surface area (Å²) in [5, 5.41) is 8.89. The molecule has 1 atom stereocenters. The maximum Gasteiger partial charge on any atom is 0.308 e. The van der Waals surface area contributed by atoms with Crippen LogP contribution in [0, 0.1) is 5.92 Å². The number of carbonyl (C=O) groups excluding carboxylic acids is 2. The standard InChI is InChI=1S/C14H18O5/c1-10(14(17)18-2)7-13(16)19-9-12-5-3-11(8-15)4-6-12/h3-6,10,15H,7-9H2,1-2H3/t10-/m1/s1. The van der Waals surface area contributed by atoms with Crippen LogP contribution in [0.4, 0.5) is 0 Å². The second-order valence-corrected chi connectivity index (χ2v) is 4.26. The molecule has 0 aliphatic carbocycles. The molecule has 1 rings (SSSR count). The Balaban J connectivity index is 2.39. The number of hydrogen-bond acceptors (Lipinski definition) is 5. The summed E-state index contributed by atoms with van der Waals surface area (Å²) in [4.78, 5) is 22.6. The third kappa shape index (κ3) is 5.09. The van der Waals surface area contributed by atoms with Crippen LogP contribution in [-0.4, -0.2) is 24.2 Å². The van der Waals surface area contributed by atoms with Gasteiger partial charge in [0, 0.05) is 0 Å². The molecule has 0 radical (unpaired) electrons. The van der Waals surface area contributed by atoms with E-state index in [0.29, 0.717) is 0 Å². The van der Waals surface area contributed by atoms with Gasteiger partial charge in [0.15, 0.2) is 0 Å². The minimum Gasteiger partial charge on any atom is -0.469 e. The van der Waals surface area contributed by atoms with Crippen LogP contribution in [0.15, 0.2) is 24.3 Å². The van der Waals surface area contributed by atoms with Crippen molar-refractivity contribution in [3.8, 4) is 0 Å². The predicted octanol–water partition coefficient (Wildman–Crippen LogP) is 1.42. The van der Waals surface area contributed by atoms with Gasteiger partial charge in [-0.1, -0.05) is 31.2 Å². The molecule has 1 N–H and O–H groups in total. The third-order valence-corrected chi connectivity index (χ3v) is 2.68. The monoisotopic (exact) mass is 266 g/mol. The summed E-state index contributed by atoms with van der Waals surface area (Å²) < 4.78 is 9.59. The Labute approximate surface area is 112 Å². The second-order valence-electron chi connectivity index (χ2n) is 4.26. The van der Waals surface area contributed by atoms with Gasteiger partial charge >= 0.3 is 11.9 Å². The molecule has 0 heterocycles. The van der Waals surface area contributed by atoms with Gasteiger partial charge in [0.2, 0.25) is 0 Å². The van der Waals surface area contributed by atoms with Crippen LogP contribution >= 0.6 is 0 Å². The lowest BCUT2D eigenvalue weighted by molar-refractivity contribution is -0.153. The summed E-state index contributed by atoms with van der Waals surface area (Å²) >= 11 is 0. The Morgan fingerprint density at radius 1 is 1.21 bits per heavy atom. The average molecular weight is 266 g/mol. The van der Waals surface area contributed by atoms with E-state index in [-0.39, 0.29) is 19.6 Å². The predicted molar refractivity (Wildman–Crippen MR) is 68.0 cm³/mol. The van der Waals surface area contributed by atoms with E-state index in [9.17, 15) is 9.59 Å². The molecule has 0 aliphatic rings. The van der Waals surface area contributed by atoms with E-state index in [0.717, 1.165) is 11.1 Å². The molecule has 0 spiro atoms. The number of rotatable bonds is 6. The Morgan fingerprint density at radius 2 is 1.79 bits per heavy atom. The van der Waals surface area contributed by atoms with Gasteiger partial charge in [-0.05, 0) is 11.1 Å². The van der Waals surface area contributed by atoms with Gasteiger partial charge in [-0.15, -0.1) is 0 Å². The van der Waals surface area contributed by atoms with Gasteiger partial charge < -0.3 is 14.6 Å². The van der Waals surface area contributed by atoms with Crippen molar-refractivity contribution in [2.45, 2.75) is 26.6 Å². The number of benzene rings is 1. The molecular weight excluding hydrogens is 248 g/mol. The van der Waals surface area contributed by atoms with E-state index < -0.39 is 17.9 Å². The number of carbonyl (C=O) groups is 2. The molecule has 0 aromatic heterocycles. The Bertz CT molecular complexity index is 424. The van der Waals surface area contributed by atoms with Crippen LogP contribution in [0.2, 0.25) is 0 Å². The zero-order valence-electron chi connectivity index (χ0n) is 11.1. The molecule has 1 aromatic carbocycles. The van der Waals surface area contributed by atoms with Crippen molar-refractivity contribution in [2.24, 2.45) is 5.92 Å². The van der Waals surface area contributed by atoms with Crippen molar-refractivity contribution in [3.05, 3.63) is 35.4 Å². The molecule has 19 heavy (non-hydrogen) atoms. The Kier molecular flexibility index (Phi) is 6.02. The highest BCUT2D eigenvalue weighted by atomic mass is 16.5. The van der Waals surface area contributed by atoms with Crippen molar-refractivity contribution < 1.29 is 24.2 Å². The fourth-order valence-electron chi connectivity index (χ4n) is 1.50. The van der Waals surface area contributed by atoms with E-state index in [2.05, 4.69) is 4.74 Å². The minimum atomic E-state index is -0.505. The first kappa shape index (κ1) is 15.2. The van der Waals surface area contributed by atoms with Gasteiger partial charge in [-0.25, -0.2) is 0 Å². The average Bonchev–Trinajstić information content (AvgIpc) is 2.44. The van der Waals surface area contributed by atoms with Crippen LogP contribution in [0.3, 0.4) is 0 Å². The fraction of sp³-hybridized carbons (Fsp3) is 0.429. The number of aliphatic hydroxyl groups is 1. The van der Waals surface area contributed by atoms with Crippen molar-refractivity contribution in [1.29, 1.82) is 0 Å². The quantitative estimate of drug-likeness (QED) is 0.788. The lowest BCUT2D eigenvalue weighted by Crippen LogP contribution is -2.18. The Morgan fingerprint density at radius 3 is 2.32 bits per heavy atom. The molecule has 0 bridgehead atoms. The molecule has 0 saturated heterocycles. The van der Waals surface area contributed by atoms with Crippen LogP contribution in [0.1, 0.15) is 24.5 Å². The lowest BCUT2D eigenvalue weighted by Gasteiger charge is -2.09. The van der Waals surface area contributed by atoms with Crippen molar-refractivity contribution in [1.82, 2.24) is 0 Å². The second kappa shape index (κ2) is 7.53. The van der Waals surface area contributed by atoms with E-state index >= 15 is 0 Å². The zero-order valence-corrected chi connectivity index (χ0v) is 11.1. The topological polar surface area (TPSA) is 72.8 Å². The molecule has 104 valence electrons. The Hall–Kier alpha value is -1.88. The molecule has 5 nitrogen and oxygen atoms in total. The molecule has 5 heteroatoms. The smallest absolute Gasteiger partial charge is 0.308 e. The number of ether oxygens (including phenoxy) is 2. The molecule has 0 amide bonds. The van der Waals surface area contributed by atoms with Gasteiger partial charge in [0.1, 0.15) is 6.61 Å². The summed E-state index contributed by atoms with van der Waals surface area (Å²) in [6, 6.07) is 7.09. The molecule has 0 aliphatic heterocycles. The highest BCUT2D eigenvalue weighted by Crippen LogP contribution is 2.09. The van der Waals surface area contributed by atoms with E-state index in [1.54, 1.807) is 31.2 Å². The summed E-state index contributed by atoms with van der Waals surface area (Å²) in [6.45, 7) is 1.75. The fourth-order valence-corrected chi connectivity index (χ4v) is 1.50. The normalized spacial score (nSPS) is 11.7. The highest BCUT2D eigenvalue weighted by Gasteiger charge is 2.18. The highest BCUT2D eigenvalue weighted by molar-refractivity contribution is 5.79. The van der Waals surface area contributed by atoms with Crippen molar-refractivity contribution >= 4 is 11.9 Å². The minimum absolute atomic E-state index is 0.00139. The number of esters is 2. The lowest BCUT2D eigenvalue weighted by atomic mass is 10.1. The first-order chi connectivity index (χ1) is 9.06. The van der Waals surface area contributed by atoms with Gasteiger partial charge in [-0.3, -0.25) is 9.59 Å². The van der Waals surface area contributed by atoms with E-state index in [1.807, 2.05) is 0 Å². The SMILES string of the molecule is COC(=O)[C@H](C)CC(=O)OCc1ccc(CO)cc1. The van der Waals surface area contributed by atoms with E-state index in [4.69, 9.17) is 9.84 Å².